The second-order valence-corrected chi connectivity index (χ2v) is 8.40. The van der Waals surface area contributed by atoms with Crippen LogP contribution in [0.5, 0.6) is 0 Å². The Hall–Kier alpha value is -1.83. The van der Waals surface area contributed by atoms with Gasteiger partial charge >= 0.3 is 6.18 Å². The molecule has 1 heterocycles. The van der Waals surface area contributed by atoms with Crippen molar-refractivity contribution < 1.29 is 13.2 Å². The Morgan fingerprint density at radius 2 is 1.83 bits per heavy atom. The predicted molar refractivity (Wildman–Crippen MR) is 120 cm³/mol. The Bertz CT molecular complexity index is 852. The summed E-state index contributed by atoms with van der Waals surface area (Å²) in [5.74, 6) is 0. The number of piperidine rings is 1. The van der Waals surface area contributed by atoms with Crippen molar-refractivity contribution in [1.82, 2.24) is 9.80 Å². The maximum absolute atomic E-state index is 13.5. The van der Waals surface area contributed by atoms with Crippen LogP contribution in [0.1, 0.15) is 24.0 Å². The van der Waals surface area contributed by atoms with Crippen molar-refractivity contribution in [3.8, 4) is 0 Å². The van der Waals surface area contributed by atoms with Gasteiger partial charge in [0.2, 0.25) is 0 Å². The highest BCUT2D eigenvalue weighted by molar-refractivity contribution is 7.80. The zero-order valence-electron chi connectivity index (χ0n) is 16.8. The van der Waals surface area contributed by atoms with E-state index in [1.165, 1.54) is 12.1 Å². The largest absolute Gasteiger partial charge is 0.418 e. The Morgan fingerprint density at radius 1 is 1.17 bits per heavy atom. The van der Waals surface area contributed by atoms with Gasteiger partial charge < -0.3 is 15.1 Å². The van der Waals surface area contributed by atoms with Gasteiger partial charge in [-0.1, -0.05) is 41.9 Å². The highest BCUT2D eigenvalue weighted by Gasteiger charge is 2.34. The molecule has 0 spiro atoms. The van der Waals surface area contributed by atoms with Crippen molar-refractivity contribution >= 4 is 34.6 Å². The second-order valence-electron chi connectivity index (χ2n) is 7.58. The average Bonchev–Trinajstić information content (AvgIpc) is 2.69. The summed E-state index contributed by atoms with van der Waals surface area (Å²) in [5.41, 5.74) is 0.273. The molecule has 1 fully saturated rings. The first kappa shape index (κ1) is 22.8. The van der Waals surface area contributed by atoms with Crippen LogP contribution < -0.4 is 5.32 Å². The lowest BCUT2D eigenvalue weighted by Crippen LogP contribution is -2.48. The van der Waals surface area contributed by atoms with Gasteiger partial charge in [0.15, 0.2) is 5.11 Å². The van der Waals surface area contributed by atoms with Crippen molar-refractivity contribution in [3.63, 3.8) is 0 Å². The maximum Gasteiger partial charge on any atom is 0.418 e. The number of halogens is 4. The van der Waals surface area contributed by atoms with Gasteiger partial charge in [0.1, 0.15) is 0 Å². The van der Waals surface area contributed by atoms with Crippen LogP contribution in [0.2, 0.25) is 5.02 Å². The van der Waals surface area contributed by atoms with Gasteiger partial charge in [-0.15, -0.1) is 0 Å². The molecule has 2 aromatic carbocycles. The first-order valence-electron chi connectivity index (χ1n) is 9.91. The topological polar surface area (TPSA) is 18.5 Å². The summed E-state index contributed by atoms with van der Waals surface area (Å²) in [6.07, 6.45) is -1.91. The molecule has 1 N–H and O–H groups in total. The summed E-state index contributed by atoms with van der Waals surface area (Å²) in [5, 5.41) is 3.37. The lowest BCUT2D eigenvalue weighted by Gasteiger charge is -2.39. The Labute approximate surface area is 185 Å². The lowest BCUT2D eigenvalue weighted by molar-refractivity contribution is -0.136. The minimum absolute atomic E-state index is 0.113. The third kappa shape index (κ3) is 6.09. The van der Waals surface area contributed by atoms with Gasteiger partial charge in [0.05, 0.1) is 11.3 Å². The molecule has 0 bridgehead atoms. The standard InChI is InChI=1S/C22H25ClF3N3S/c1-28-12-10-18(11-13-28)29(14-9-16-5-3-2-4-6-16)21(30)27-20-15-17(23)7-8-19(20)22(24,25)26/h2-8,15,18H,9-14H2,1H3,(H,27,30). The van der Waals surface area contributed by atoms with E-state index in [1.54, 1.807) is 0 Å². The monoisotopic (exact) mass is 455 g/mol. The third-order valence-electron chi connectivity index (χ3n) is 5.40. The second kappa shape index (κ2) is 9.98. The van der Waals surface area contributed by atoms with E-state index in [1.807, 2.05) is 35.2 Å². The SMILES string of the molecule is CN1CCC(N(CCc2ccccc2)C(=S)Nc2cc(Cl)ccc2C(F)(F)F)CC1. The van der Waals surface area contributed by atoms with Gasteiger partial charge in [-0.3, -0.25) is 0 Å². The fraction of sp³-hybridized carbons (Fsp3) is 0.409. The van der Waals surface area contributed by atoms with Gasteiger partial charge in [-0.2, -0.15) is 13.2 Å². The average molecular weight is 456 g/mol. The number of anilines is 1. The van der Waals surface area contributed by atoms with Crippen LogP contribution >= 0.6 is 23.8 Å². The number of nitrogens with zero attached hydrogens (tertiary/aromatic N) is 2. The van der Waals surface area contributed by atoms with E-state index < -0.39 is 11.7 Å². The normalized spacial score (nSPS) is 15.8. The van der Waals surface area contributed by atoms with E-state index in [0.29, 0.717) is 11.7 Å². The molecule has 3 nitrogen and oxygen atoms in total. The molecule has 8 heteroatoms. The van der Waals surface area contributed by atoms with Gasteiger partial charge in [-0.25, -0.2) is 0 Å². The molecule has 2 aromatic rings. The van der Waals surface area contributed by atoms with Gasteiger partial charge in [0, 0.05) is 17.6 Å². The van der Waals surface area contributed by atoms with E-state index in [0.717, 1.165) is 44.0 Å². The van der Waals surface area contributed by atoms with Crippen molar-refractivity contribution in [2.75, 3.05) is 32.0 Å². The highest BCUT2D eigenvalue weighted by atomic mass is 35.5. The Morgan fingerprint density at radius 3 is 2.47 bits per heavy atom. The number of nitrogens with one attached hydrogen (secondary N) is 1. The molecule has 1 saturated heterocycles. The molecule has 0 radical (unpaired) electrons. The summed E-state index contributed by atoms with van der Waals surface area (Å²) < 4.78 is 40.4. The molecule has 0 unspecified atom stereocenters. The van der Waals surface area contributed by atoms with Crippen molar-refractivity contribution in [2.45, 2.75) is 31.5 Å². The van der Waals surface area contributed by atoms with Crippen LogP contribution in [0.4, 0.5) is 18.9 Å². The van der Waals surface area contributed by atoms with Crippen LogP contribution in [0.25, 0.3) is 0 Å². The highest BCUT2D eigenvalue weighted by Crippen LogP contribution is 2.36. The third-order valence-corrected chi connectivity index (χ3v) is 5.97. The first-order chi connectivity index (χ1) is 14.2. The molecule has 1 aliphatic heterocycles. The molecular formula is C22H25ClF3N3S. The summed E-state index contributed by atoms with van der Waals surface area (Å²) in [4.78, 5) is 4.29. The van der Waals surface area contributed by atoms with Crippen molar-refractivity contribution in [3.05, 3.63) is 64.7 Å². The van der Waals surface area contributed by atoms with Crippen LogP contribution in [-0.2, 0) is 12.6 Å². The summed E-state index contributed by atoms with van der Waals surface area (Å²) in [7, 11) is 2.07. The zero-order valence-corrected chi connectivity index (χ0v) is 18.3. The molecule has 162 valence electrons. The van der Waals surface area contributed by atoms with E-state index in [4.69, 9.17) is 23.8 Å². The smallest absolute Gasteiger partial charge is 0.346 e. The minimum Gasteiger partial charge on any atom is -0.346 e. The van der Waals surface area contributed by atoms with Gasteiger partial charge in [0.25, 0.3) is 0 Å². The predicted octanol–water partition coefficient (Wildman–Crippen LogP) is 5.69. The number of alkyl halides is 3. The van der Waals surface area contributed by atoms with E-state index in [-0.39, 0.29) is 16.8 Å². The molecule has 3 rings (SSSR count). The fourth-order valence-electron chi connectivity index (χ4n) is 3.70. The number of hydrogen-bond donors (Lipinski definition) is 1. The van der Waals surface area contributed by atoms with E-state index >= 15 is 0 Å². The van der Waals surface area contributed by atoms with Crippen LogP contribution in [0.15, 0.2) is 48.5 Å². The number of benzene rings is 2. The molecule has 0 amide bonds. The molecular weight excluding hydrogens is 431 g/mol. The van der Waals surface area contributed by atoms with Crippen LogP contribution in [-0.4, -0.2) is 47.6 Å². The molecule has 0 aromatic heterocycles. The number of rotatable bonds is 5. The molecule has 0 saturated carbocycles. The molecule has 0 atom stereocenters. The fourth-order valence-corrected chi connectivity index (χ4v) is 4.23. The molecule has 0 aliphatic carbocycles. The quantitative estimate of drug-likeness (QED) is 0.583. The van der Waals surface area contributed by atoms with Crippen molar-refractivity contribution in [1.29, 1.82) is 0 Å². The summed E-state index contributed by atoms with van der Waals surface area (Å²) >= 11 is 11.6. The summed E-state index contributed by atoms with van der Waals surface area (Å²) in [6.45, 7) is 2.49. The summed E-state index contributed by atoms with van der Waals surface area (Å²) in [6, 6.07) is 13.7. The maximum atomic E-state index is 13.5. The number of hydrogen-bond acceptors (Lipinski definition) is 2. The lowest BCUT2D eigenvalue weighted by atomic mass is 10.0. The molecule has 30 heavy (non-hydrogen) atoms. The number of thiocarbonyl (C=S) groups is 1. The number of likely N-dealkylation sites (tertiary alicyclic amines) is 1. The Balaban J connectivity index is 1.80. The zero-order chi connectivity index (χ0) is 21.7. The van der Waals surface area contributed by atoms with E-state index in [2.05, 4.69) is 17.3 Å². The Kier molecular flexibility index (Phi) is 7.60. The van der Waals surface area contributed by atoms with Crippen LogP contribution in [0, 0.1) is 0 Å². The van der Waals surface area contributed by atoms with E-state index in [9.17, 15) is 13.2 Å². The minimum atomic E-state index is -4.50. The van der Waals surface area contributed by atoms with Gasteiger partial charge in [-0.05, 0) is 75.4 Å². The molecule has 1 aliphatic rings. The van der Waals surface area contributed by atoms with Crippen LogP contribution in [0.3, 0.4) is 0 Å². The van der Waals surface area contributed by atoms with Crippen molar-refractivity contribution in [2.24, 2.45) is 0 Å². The first-order valence-corrected chi connectivity index (χ1v) is 10.7.